The molecule has 0 aromatic heterocycles. The predicted octanol–water partition coefficient (Wildman–Crippen LogP) is 5.35. The molecule has 2 atom stereocenters. The summed E-state index contributed by atoms with van der Waals surface area (Å²) in [5, 5.41) is 15.9. The smallest absolute Gasteiger partial charge is 0.326 e. The third-order valence-corrected chi connectivity index (χ3v) is 6.81. The molecule has 0 fully saturated rings. The molecule has 11 heteroatoms. The number of carbonyl (C=O) groups is 3. The van der Waals surface area contributed by atoms with E-state index >= 15 is 0 Å². The van der Waals surface area contributed by atoms with Crippen molar-refractivity contribution in [1.82, 2.24) is 10.8 Å². The van der Waals surface area contributed by atoms with E-state index in [1.54, 1.807) is 72.8 Å². The summed E-state index contributed by atoms with van der Waals surface area (Å²) in [6.45, 7) is 1.51. The Balaban J connectivity index is 1.42. The molecule has 1 aliphatic rings. The highest BCUT2D eigenvalue weighted by Crippen LogP contribution is 2.30. The molecule has 3 aromatic rings. The quantitative estimate of drug-likeness (QED) is 0.288. The van der Waals surface area contributed by atoms with Crippen molar-refractivity contribution in [3.05, 3.63) is 105 Å². The van der Waals surface area contributed by atoms with Gasteiger partial charge in [0, 0.05) is 22.7 Å². The lowest BCUT2D eigenvalue weighted by molar-refractivity contribution is -0.148. The number of hydroxylamine groups is 1. The van der Waals surface area contributed by atoms with Gasteiger partial charge in [0.1, 0.15) is 6.04 Å². The van der Waals surface area contributed by atoms with Crippen molar-refractivity contribution in [1.29, 1.82) is 0 Å². The summed E-state index contributed by atoms with van der Waals surface area (Å²) in [7, 11) is 0. The number of hydrogen-bond donors (Lipinski definition) is 4. The Labute approximate surface area is 233 Å². The predicted molar refractivity (Wildman–Crippen MR) is 146 cm³/mol. The molecular weight excluding hydrogens is 553 g/mol. The second-order valence-electron chi connectivity index (χ2n) is 8.67. The van der Waals surface area contributed by atoms with Crippen molar-refractivity contribution in [2.75, 3.05) is 5.32 Å². The van der Waals surface area contributed by atoms with Crippen LogP contribution in [0.3, 0.4) is 0 Å². The van der Waals surface area contributed by atoms with Gasteiger partial charge in [0.2, 0.25) is 0 Å². The summed E-state index contributed by atoms with van der Waals surface area (Å²) in [6, 6.07) is 17.1. The lowest BCUT2D eigenvalue weighted by Crippen LogP contribution is -2.51. The van der Waals surface area contributed by atoms with Crippen LogP contribution in [0, 0.1) is 0 Å². The Bertz CT molecular complexity index is 1410. The zero-order valence-electron chi connectivity index (χ0n) is 19.9. The summed E-state index contributed by atoms with van der Waals surface area (Å²) in [5.41, 5.74) is 3.60. The van der Waals surface area contributed by atoms with Crippen LogP contribution in [0.25, 0.3) is 5.70 Å². The molecule has 0 bridgehead atoms. The van der Waals surface area contributed by atoms with E-state index in [0.717, 1.165) is 0 Å². The second-order valence-corrected chi connectivity index (χ2v) is 9.89. The second kappa shape index (κ2) is 11.4. The molecule has 4 N–H and O–H groups in total. The molecule has 0 saturated carbocycles. The average Bonchev–Trinajstić information content (AvgIpc) is 3.28. The van der Waals surface area contributed by atoms with Crippen molar-refractivity contribution >= 4 is 64.0 Å². The fourth-order valence-electron chi connectivity index (χ4n) is 3.79. The van der Waals surface area contributed by atoms with Crippen LogP contribution in [0.2, 0.25) is 15.1 Å². The van der Waals surface area contributed by atoms with Crippen LogP contribution in [0.5, 0.6) is 0 Å². The van der Waals surface area contributed by atoms with Crippen LogP contribution in [0.1, 0.15) is 28.4 Å². The molecule has 8 nitrogen and oxygen atoms in total. The van der Waals surface area contributed by atoms with Crippen molar-refractivity contribution < 1.29 is 24.3 Å². The van der Waals surface area contributed by atoms with Gasteiger partial charge >= 0.3 is 5.97 Å². The Kier molecular flexibility index (Phi) is 8.28. The maximum Gasteiger partial charge on any atom is 0.326 e. The van der Waals surface area contributed by atoms with Crippen molar-refractivity contribution in [3.63, 3.8) is 0 Å². The first-order chi connectivity index (χ1) is 18.1. The van der Waals surface area contributed by atoms with E-state index in [2.05, 4.69) is 16.1 Å². The van der Waals surface area contributed by atoms with Crippen LogP contribution in [-0.4, -0.2) is 34.5 Å². The number of benzene rings is 3. The molecule has 3 aromatic carbocycles. The van der Waals surface area contributed by atoms with Crippen LogP contribution >= 0.6 is 34.8 Å². The Morgan fingerprint density at radius 3 is 2.21 bits per heavy atom. The van der Waals surface area contributed by atoms with Gasteiger partial charge in [-0.1, -0.05) is 71.2 Å². The molecule has 4 rings (SSSR count). The van der Waals surface area contributed by atoms with E-state index < -0.39 is 29.4 Å². The third kappa shape index (κ3) is 6.11. The van der Waals surface area contributed by atoms with E-state index in [1.165, 1.54) is 6.92 Å². The molecule has 0 saturated heterocycles. The normalized spacial score (nSPS) is 17.2. The lowest BCUT2D eigenvalue weighted by atomic mass is 10.0. The first-order valence-corrected chi connectivity index (χ1v) is 12.5. The highest BCUT2D eigenvalue weighted by atomic mass is 35.5. The molecule has 38 heavy (non-hydrogen) atoms. The summed E-state index contributed by atoms with van der Waals surface area (Å²) >= 11 is 18.4. The summed E-state index contributed by atoms with van der Waals surface area (Å²) in [6.07, 6.45) is 1.54. The maximum atomic E-state index is 13.0. The summed E-state index contributed by atoms with van der Waals surface area (Å²) < 4.78 is 0. The van der Waals surface area contributed by atoms with E-state index in [4.69, 9.17) is 39.6 Å². The van der Waals surface area contributed by atoms with E-state index in [1.807, 2.05) is 0 Å². The van der Waals surface area contributed by atoms with Crippen LogP contribution in [0.4, 0.5) is 5.69 Å². The van der Waals surface area contributed by atoms with E-state index in [-0.39, 0.29) is 22.0 Å². The number of carboxylic acid groups (broad SMARTS) is 1. The van der Waals surface area contributed by atoms with Gasteiger partial charge in [-0.25, -0.2) is 4.79 Å². The minimum Gasteiger partial charge on any atom is -0.480 e. The number of nitrogens with one attached hydrogen (secondary N) is 3. The topological polar surface area (TPSA) is 117 Å². The minimum absolute atomic E-state index is 0.00374. The number of rotatable bonds is 8. The van der Waals surface area contributed by atoms with E-state index in [0.29, 0.717) is 27.5 Å². The standard InChI is InChI=1S/C27H22Cl3N3O5/c1-27(14-22(33-38-27)17-5-2-3-6-18(17)28)26(37)32-21(25(35)36)13-15-9-11-16(12-10-15)31-24(34)23-19(29)7-4-8-20(23)30/h2-12,14,21,33H,13H2,1H3,(H,31,34)(H,32,37)(H,35,36)/t21?,27-/m0/s1. The van der Waals surface area contributed by atoms with Crippen LogP contribution in [-0.2, 0) is 20.8 Å². The zero-order chi connectivity index (χ0) is 27.4. The number of hydrogen-bond acceptors (Lipinski definition) is 5. The van der Waals surface area contributed by atoms with Crippen molar-refractivity contribution in [2.45, 2.75) is 25.0 Å². The Hall–Kier alpha value is -3.56. The number of halogens is 3. The fraction of sp³-hybridized carbons (Fsp3) is 0.148. The molecule has 1 heterocycles. The van der Waals surface area contributed by atoms with E-state index in [9.17, 15) is 19.5 Å². The molecule has 0 spiro atoms. The Morgan fingerprint density at radius 2 is 1.58 bits per heavy atom. The van der Waals surface area contributed by atoms with Gasteiger partial charge in [0.15, 0.2) is 5.60 Å². The monoisotopic (exact) mass is 573 g/mol. The average molecular weight is 575 g/mol. The highest BCUT2D eigenvalue weighted by Gasteiger charge is 2.40. The van der Waals surface area contributed by atoms with Crippen molar-refractivity contribution in [3.8, 4) is 0 Å². The number of carbonyl (C=O) groups excluding carboxylic acids is 2. The largest absolute Gasteiger partial charge is 0.480 e. The van der Waals surface area contributed by atoms with Gasteiger partial charge < -0.3 is 15.7 Å². The molecule has 1 unspecified atom stereocenters. The van der Waals surface area contributed by atoms with Gasteiger partial charge in [-0.05, 0) is 48.9 Å². The number of anilines is 1. The maximum absolute atomic E-state index is 13.0. The fourth-order valence-corrected chi connectivity index (χ4v) is 4.60. The molecule has 0 aliphatic carbocycles. The van der Waals surface area contributed by atoms with Crippen LogP contribution in [0.15, 0.2) is 72.8 Å². The Morgan fingerprint density at radius 1 is 0.947 bits per heavy atom. The molecular formula is C27H22Cl3N3O5. The molecule has 196 valence electrons. The molecule has 1 aliphatic heterocycles. The highest BCUT2D eigenvalue weighted by molar-refractivity contribution is 6.40. The molecule has 0 radical (unpaired) electrons. The lowest BCUT2D eigenvalue weighted by Gasteiger charge is -2.22. The number of carboxylic acids is 1. The van der Waals surface area contributed by atoms with Gasteiger partial charge in [-0.15, -0.1) is 0 Å². The summed E-state index contributed by atoms with van der Waals surface area (Å²) in [5.74, 6) is -2.33. The van der Waals surface area contributed by atoms with Gasteiger partial charge in [-0.2, -0.15) is 0 Å². The van der Waals surface area contributed by atoms with Gasteiger partial charge in [0.25, 0.3) is 11.8 Å². The third-order valence-electron chi connectivity index (χ3n) is 5.85. The first-order valence-electron chi connectivity index (χ1n) is 11.4. The minimum atomic E-state index is -1.46. The number of aliphatic carboxylic acids is 1. The summed E-state index contributed by atoms with van der Waals surface area (Å²) in [4.78, 5) is 43.0. The number of amides is 2. The molecule has 2 amide bonds. The van der Waals surface area contributed by atoms with Crippen LogP contribution < -0.4 is 16.1 Å². The first kappa shape index (κ1) is 27.5. The van der Waals surface area contributed by atoms with Gasteiger partial charge in [-0.3, -0.25) is 19.9 Å². The SMILES string of the molecule is C[C@@]1(C(=O)NC(Cc2ccc(NC(=O)c3c(Cl)cccc3Cl)cc2)C(=O)O)C=C(c2ccccc2Cl)NO1. The zero-order valence-corrected chi connectivity index (χ0v) is 22.2. The van der Waals surface area contributed by atoms with Crippen molar-refractivity contribution in [2.24, 2.45) is 0 Å². The van der Waals surface area contributed by atoms with Gasteiger partial charge in [0.05, 0.1) is 21.3 Å².